The largest absolute Gasteiger partial charge is 0.453 e. The molecule has 3 rings (SSSR count). The molecule has 2 atom stereocenters. The predicted octanol–water partition coefficient (Wildman–Crippen LogP) is 1.94. The maximum absolute atomic E-state index is 13.4. The van der Waals surface area contributed by atoms with E-state index in [1.807, 2.05) is 5.38 Å². The first-order valence-corrected chi connectivity index (χ1v) is 11.6. The summed E-state index contributed by atoms with van der Waals surface area (Å²) in [6.07, 6.45) is 5.67. The molecule has 0 bridgehead atoms. The maximum atomic E-state index is 13.4. The van der Waals surface area contributed by atoms with Gasteiger partial charge in [0.25, 0.3) is 0 Å². The van der Waals surface area contributed by atoms with Crippen molar-refractivity contribution >= 4 is 35.1 Å². The molecule has 1 aliphatic heterocycles. The van der Waals surface area contributed by atoms with Crippen LogP contribution in [0.4, 0.5) is 4.79 Å². The Morgan fingerprint density at radius 2 is 2.00 bits per heavy atom. The van der Waals surface area contributed by atoms with E-state index in [1.165, 1.54) is 18.4 Å². The fraction of sp³-hybridized carbons (Fsp3) is 0.619. The van der Waals surface area contributed by atoms with E-state index in [2.05, 4.69) is 10.6 Å². The lowest BCUT2D eigenvalue weighted by molar-refractivity contribution is -0.141. The maximum Gasteiger partial charge on any atom is 0.407 e. The zero-order valence-electron chi connectivity index (χ0n) is 17.8. The van der Waals surface area contributed by atoms with E-state index in [0.29, 0.717) is 24.4 Å². The first-order valence-electron chi connectivity index (χ1n) is 10.7. The number of carbonyl (C=O) groups is 3. The van der Waals surface area contributed by atoms with Gasteiger partial charge in [-0.2, -0.15) is 0 Å². The number of hydrogen-bond donors (Lipinski definition) is 4. The van der Waals surface area contributed by atoms with Crippen LogP contribution in [0.15, 0.2) is 11.4 Å². The van der Waals surface area contributed by atoms with Gasteiger partial charge in [-0.3, -0.25) is 15.0 Å². The Bertz CT molecular complexity index is 820. The van der Waals surface area contributed by atoms with Crippen molar-refractivity contribution in [3.63, 3.8) is 0 Å². The van der Waals surface area contributed by atoms with Gasteiger partial charge < -0.3 is 26.0 Å². The lowest BCUT2D eigenvalue weighted by atomic mass is 9.83. The Labute approximate surface area is 186 Å². The molecule has 5 N–H and O–H groups in total. The van der Waals surface area contributed by atoms with Crippen molar-refractivity contribution in [3.05, 3.63) is 21.9 Å². The van der Waals surface area contributed by atoms with Crippen LogP contribution in [0, 0.1) is 11.3 Å². The van der Waals surface area contributed by atoms with Crippen LogP contribution < -0.4 is 16.4 Å². The summed E-state index contributed by atoms with van der Waals surface area (Å²) >= 11 is 1.36. The number of likely N-dealkylation sites (tertiary alicyclic amines) is 1. The quantitative estimate of drug-likeness (QED) is 0.372. The topological polar surface area (TPSA) is 138 Å². The molecule has 9 nitrogen and oxygen atoms in total. The lowest BCUT2D eigenvalue weighted by Gasteiger charge is -2.34. The summed E-state index contributed by atoms with van der Waals surface area (Å²) in [5.74, 6) is -0.353. The Hall–Kier alpha value is -2.62. The fourth-order valence-electron chi connectivity index (χ4n) is 4.43. The van der Waals surface area contributed by atoms with Crippen LogP contribution in [0.2, 0.25) is 0 Å². The van der Waals surface area contributed by atoms with E-state index in [0.717, 1.165) is 44.1 Å². The van der Waals surface area contributed by atoms with Crippen LogP contribution in [0.1, 0.15) is 55.4 Å². The third kappa shape index (κ3) is 5.75. The van der Waals surface area contributed by atoms with Gasteiger partial charge in [-0.25, -0.2) is 4.79 Å². The van der Waals surface area contributed by atoms with Gasteiger partial charge in [-0.1, -0.05) is 19.3 Å². The zero-order chi connectivity index (χ0) is 22.4. The molecule has 31 heavy (non-hydrogen) atoms. The number of hydrogen-bond acceptors (Lipinski definition) is 6. The highest BCUT2D eigenvalue weighted by Gasteiger charge is 2.40. The van der Waals surface area contributed by atoms with Crippen molar-refractivity contribution in [1.29, 1.82) is 5.41 Å². The number of nitrogen functional groups attached to an aromatic ring is 1. The average Bonchev–Trinajstić information content (AvgIpc) is 3.45. The van der Waals surface area contributed by atoms with Crippen LogP contribution in [0.3, 0.4) is 0 Å². The standard InChI is InChI=1S/C21H31N5O4S/c1-30-21(29)25-17(14-6-3-2-4-7-14)20(28)26-9-5-8-15(26)19(27)24-11-13-10-16(18(22)23)31-12-13/h10,12,14-15,17H,2-9,11H2,1H3,(H3,22,23)(H,24,27)(H,25,29). The number of nitrogens with zero attached hydrogens (tertiary/aromatic N) is 1. The first-order chi connectivity index (χ1) is 14.9. The van der Waals surface area contributed by atoms with E-state index < -0.39 is 18.2 Å². The second-order valence-electron chi connectivity index (χ2n) is 8.15. The number of alkyl carbamates (subject to hydrolysis) is 1. The van der Waals surface area contributed by atoms with Gasteiger partial charge in [0.2, 0.25) is 11.8 Å². The van der Waals surface area contributed by atoms with Crippen LogP contribution in [-0.2, 0) is 20.9 Å². The van der Waals surface area contributed by atoms with Crippen molar-refractivity contribution < 1.29 is 19.1 Å². The summed E-state index contributed by atoms with van der Waals surface area (Å²) in [4.78, 5) is 40.4. The van der Waals surface area contributed by atoms with E-state index in [4.69, 9.17) is 15.9 Å². The molecule has 1 aliphatic carbocycles. The molecule has 170 valence electrons. The monoisotopic (exact) mass is 449 g/mol. The molecule has 1 aromatic rings. The summed E-state index contributed by atoms with van der Waals surface area (Å²) in [5.41, 5.74) is 6.36. The summed E-state index contributed by atoms with van der Waals surface area (Å²) in [6, 6.07) is 0.560. The Morgan fingerprint density at radius 3 is 2.65 bits per heavy atom. The third-order valence-corrected chi connectivity index (χ3v) is 7.08. The van der Waals surface area contributed by atoms with Crippen molar-refractivity contribution in [2.75, 3.05) is 13.7 Å². The van der Waals surface area contributed by atoms with Crippen LogP contribution in [0.25, 0.3) is 0 Å². The summed E-state index contributed by atoms with van der Waals surface area (Å²) in [5, 5.41) is 15.0. The summed E-state index contributed by atoms with van der Waals surface area (Å²) in [7, 11) is 1.28. The highest BCUT2D eigenvalue weighted by Crippen LogP contribution is 2.29. The lowest BCUT2D eigenvalue weighted by Crippen LogP contribution is -2.56. The number of carbonyl (C=O) groups excluding carboxylic acids is 3. The summed E-state index contributed by atoms with van der Waals surface area (Å²) in [6.45, 7) is 0.809. The minimum atomic E-state index is -0.670. The van der Waals surface area contributed by atoms with Gasteiger partial charge in [0.1, 0.15) is 17.9 Å². The molecular formula is C21H31N5O4S. The van der Waals surface area contributed by atoms with Gasteiger partial charge in [0.05, 0.1) is 12.0 Å². The second-order valence-corrected chi connectivity index (χ2v) is 9.06. The van der Waals surface area contributed by atoms with Gasteiger partial charge in [0.15, 0.2) is 0 Å². The number of nitrogens with one attached hydrogen (secondary N) is 3. The summed E-state index contributed by atoms with van der Waals surface area (Å²) < 4.78 is 4.74. The number of amides is 3. The molecule has 3 amide bonds. The van der Waals surface area contributed by atoms with Crippen molar-refractivity contribution in [2.24, 2.45) is 11.7 Å². The van der Waals surface area contributed by atoms with E-state index in [1.54, 1.807) is 11.0 Å². The third-order valence-electron chi connectivity index (χ3n) is 6.07. The molecule has 1 saturated carbocycles. The van der Waals surface area contributed by atoms with Gasteiger partial charge in [-0.05, 0) is 48.6 Å². The highest BCUT2D eigenvalue weighted by atomic mass is 32.1. The molecule has 0 radical (unpaired) electrons. The second kappa shape index (κ2) is 10.6. The fourth-order valence-corrected chi connectivity index (χ4v) is 5.21. The molecule has 1 aromatic heterocycles. The Kier molecular flexibility index (Phi) is 7.89. The average molecular weight is 450 g/mol. The molecule has 0 spiro atoms. The Balaban J connectivity index is 1.65. The van der Waals surface area contributed by atoms with Gasteiger partial charge >= 0.3 is 6.09 Å². The van der Waals surface area contributed by atoms with Crippen molar-refractivity contribution in [3.8, 4) is 0 Å². The normalized spacial score (nSPS) is 20.2. The number of nitrogens with two attached hydrogens (primary N) is 1. The van der Waals surface area contributed by atoms with Crippen LogP contribution in [0.5, 0.6) is 0 Å². The Morgan fingerprint density at radius 1 is 1.26 bits per heavy atom. The number of ether oxygens (including phenoxy) is 1. The molecule has 2 aliphatic rings. The minimum absolute atomic E-state index is 0.00185. The molecule has 2 fully saturated rings. The van der Waals surface area contributed by atoms with Crippen LogP contribution >= 0.6 is 11.3 Å². The molecule has 1 saturated heterocycles. The number of thiophene rings is 1. The number of amidine groups is 1. The van der Waals surface area contributed by atoms with E-state index >= 15 is 0 Å². The molecule has 10 heteroatoms. The molecule has 0 aromatic carbocycles. The number of methoxy groups -OCH3 is 1. The van der Waals surface area contributed by atoms with Crippen LogP contribution in [-0.4, -0.2) is 54.4 Å². The van der Waals surface area contributed by atoms with Gasteiger partial charge in [-0.15, -0.1) is 11.3 Å². The smallest absolute Gasteiger partial charge is 0.407 e. The highest BCUT2D eigenvalue weighted by molar-refractivity contribution is 7.12. The van der Waals surface area contributed by atoms with E-state index in [9.17, 15) is 14.4 Å². The first kappa shape index (κ1) is 23.1. The molecular weight excluding hydrogens is 418 g/mol. The SMILES string of the molecule is COC(=O)NC(C(=O)N1CCCC1C(=O)NCc1csc(C(=N)N)c1)C1CCCCC1. The van der Waals surface area contributed by atoms with E-state index in [-0.39, 0.29) is 23.6 Å². The zero-order valence-corrected chi connectivity index (χ0v) is 18.6. The van der Waals surface area contributed by atoms with Crippen molar-refractivity contribution in [1.82, 2.24) is 15.5 Å². The van der Waals surface area contributed by atoms with Crippen molar-refractivity contribution in [2.45, 2.75) is 63.6 Å². The predicted molar refractivity (Wildman–Crippen MR) is 118 cm³/mol. The number of rotatable bonds is 7. The van der Waals surface area contributed by atoms with Gasteiger partial charge in [0, 0.05) is 13.1 Å². The minimum Gasteiger partial charge on any atom is -0.453 e. The molecule has 2 unspecified atom stereocenters. The molecule has 2 heterocycles.